The summed E-state index contributed by atoms with van der Waals surface area (Å²) in [6.07, 6.45) is -4.86. The van der Waals surface area contributed by atoms with Crippen LogP contribution in [-0.2, 0) is 14.3 Å². The molecule has 0 bridgehead atoms. The second-order valence-corrected chi connectivity index (χ2v) is 9.63. The van der Waals surface area contributed by atoms with Crippen LogP contribution in [0.5, 0.6) is 0 Å². The van der Waals surface area contributed by atoms with E-state index in [4.69, 9.17) is 16.3 Å². The molecule has 15 heteroatoms. The van der Waals surface area contributed by atoms with Crippen LogP contribution in [-0.4, -0.2) is 68.5 Å². The Labute approximate surface area is 233 Å². The minimum Gasteiger partial charge on any atom is -0.444 e. The maximum atomic E-state index is 13.0. The van der Waals surface area contributed by atoms with Gasteiger partial charge in [0.1, 0.15) is 5.60 Å². The number of rotatable bonds is 9. The lowest BCUT2D eigenvalue weighted by atomic mass is 10.1. The van der Waals surface area contributed by atoms with Gasteiger partial charge in [-0.3, -0.25) is 24.4 Å². The predicted molar refractivity (Wildman–Crippen MR) is 148 cm³/mol. The Morgan fingerprint density at radius 1 is 1.02 bits per heavy atom. The summed E-state index contributed by atoms with van der Waals surface area (Å²) in [6, 6.07) is 12.0. The molecule has 8 N–H and O–H groups in total. The van der Waals surface area contributed by atoms with E-state index in [1.165, 1.54) is 48.5 Å². The standard InChI is InChI=1S/C25H28ClN5O8.H3N/c1-25(2,3)38-23(36)28-16-8-10-17(11-9-16)31(13-12-26)22(35)19(33)18(32)21(34)27-15-6-4-14(5-7-15)20-29-24(37)39-30-20;/h4-11,18-19,32-33H,12-13H2,1-3H3,(H,27,34)(H,28,36)(H,29,30,37);1H3/t18-,19-;/m1./s1. The van der Waals surface area contributed by atoms with Gasteiger partial charge in [-0.15, -0.1) is 11.6 Å². The topological polar surface area (TPSA) is 222 Å². The number of H-pyrrole nitrogens is 1. The van der Waals surface area contributed by atoms with Crippen LogP contribution in [0.15, 0.2) is 57.8 Å². The number of aromatic amines is 1. The molecule has 14 nitrogen and oxygen atoms in total. The summed E-state index contributed by atoms with van der Waals surface area (Å²) in [6.45, 7) is 5.15. The van der Waals surface area contributed by atoms with Crippen molar-refractivity contribution >= 4 is 46.6 Å². The fourth-order valence-corrected chi connectivity index (χ4v) is 3.49. The summed E-state index contributed by atoms with van der Waals surface area (Å²) in [5, 5.41) is 29.4. The molecule has 1 aromatic heterocycles. The molecule has 216 valence electrons. The molecule has 0 spiro atoms. The van der Waals surface area contributed by atoms with Crippen LogP contribution in [0.2, 0.25) is 0 Å². The second kappa shape index (κ2) is 13.7. The Bertz CT molecular complexity index is 1350. The molecule has 0 radical (unpaired) electrons. The van der Waals surface area contributed by atoms with Gasteiger partial charge in [0.2, 0.25) is 0 Å². The number of hydrogen-bond donors (Lipinski definition) is 6. The lowest BCUT2D eigenvalue weighted by Crippen LogP contribution is -2.50. The van der Waals surface area contributed by atoms with Crippen molar-refractivity contribution in [1.82, 2.24) is 16.3 Å². The van der Waals surface area contributed by atoms with E-state index in [2.05, 4.69) is 25.3 Å². The molecular weight excluding hydrogens is 548 g/mol. The molecule has 3 rings (SSSR count). The molecule has 3 amide bonds. The lowest BCUT2D eigenvalue weighted by molar-refractivity contribution is -0.141. The third-order valence-electron chi connectivity index (χ3n) is 5.09. The van der Waals surface area contributed by atoms with E-state index in [0.717, 1.165) is 4.90 Å². The van der Waals surface area contributed by atoms with Crippen LogP contribution >= 0.6 is 11.6 Å². The molecule has 0 aliphatic rings. The van der Waals surface area contributed by atoms with Crippen molar-refractivity contribution in [1.29, 1.82) is 0 Å². The zero-order chi connectivity index (χ0) is 28.7. The lowest BCUT2D eigenvalue weighted by Gasteiger charge is -2.26. The number of amides is 3. The van der Waals surface area contributed by atoms with Gasteiger partial charge < -0.3 is 31.3 Å². The molecular formula is C25H31ClN6O8. The van der Waals surface area contributed by atoms with Crippen LogP contribution in [0.4, 0.5) is 21.9 Å². The molecule has 0 fully saturated rings. The van der Waals surface area contributed by atoms with Crippen LogP contribution in [0.1, 0.15) is 20.8 Å². The van der Waals surface area contributed by atoms with Crippen molar-refractivity contribution in [3.63, 3.8) is 0 Å². The number of nitrogens with one attached hydrogen (secondary N) is 3. The molecule has 0 unspecified atom stereocenters. The van der Waals surface area contributed by atoms with Gasteiger partial charge in [-0.25, -0.2) is 9.59 Å². The smallest absolute Gasteiger partial charge is 0.439 e. The molecule has 2 aromatic carbocycles. The molecule has 40 heavy (non-hydrogen) atoms. The van der Waals surface area contributed by atoms with E-state index < -0.39 is 41.5 Å². The van der Waals surface area contributed by atoms with E-state index >= 15 is 0 Å². The van der Waals surface area contributed by atoms with E-state index in [0.29, 0.717) is 16.9 Å². The molecule has 3 aromatic rings. The number of ether oxygens (including phenoxy) is 1. The first-order valence-electron chi connectivity index (χ1n) is 11.7. The third-order valence-corrected chi connectivity index (χ3v) is 5.25. The predicted octanol–water partition coefficient (Wildman–Crippen LogP) is 2.47. The first-order chi connectivity index (χ1) is 18.4. The Morgan fingerprint density at radius 3 is 2.12 bits per heavy atom. The molecule has 0 saturated carbocycles. The Hall–Kier alpha value is -4.24. The van der Waals surface area contributed by atoms with Gasteiger partial charge >= 0.3 is 11.8 Å². The number of aliphatic hydroxyl groups excluding tert-OH is 2. The molecule has 0 aliphatic carbocycles. The van der Waals surface area contributed by atoms with Gasteiger partial charge in [-0.05, 0) is 69.3 Å². The quantitative estimate of drug-likeness (QED) is 0.203. The van der Waals surface area contributed by atoms with Crippen LogP contribution < -0.4 is 27.4 Å². The van der Waals surface area contributed by atoms with Gasteiger partial charge in [-0.1, -0.05) is 5.16 Å². The number of benzene rings is 2. The van der Waals surface area contributed by atoms with Gasteiger partial charge in [0.15, 0.2) is 18.0 Å². The van der Waals surface area contributed by atoms with Crippen LogP contribution in [0.25, 0.3) is 11.4 Å². The first-order valence-corrected chi connectivity index (χ1v) is 12.2. The van der Waals surface area contributed by atoms with Crippen molar-refractivity contribution in [2.75, 3.05) is 28.0 Å². The van der Waals surface area contributed by atoms with Gasteiger partial charge in [-0.2, -0.15) is 0 Å². The number of aliphatic hydroxyl groups is 2. The summed E-state index contributed by atoms with van der Waals surface area (Å²) in [5.74, 6) is -2.52. The summed E-state index contributed by atoms with van der Waals surface area (Å²) in [4.78, 5) is 52.1. The van der Waals surface area contributed by atoms with Crippen molar-refractivity contribution < 1.29 is 33.9 Å². The number of nitrogens with zero attached hydrogens (tertiary/aromatic N) is 2. The van der Waals surface area contributed by atoms with E-state index in [-0.39, 0.29) is 30.1 Å². The maximum Gasteiger partial charge on any atom is 0.439 e. The zero-order valence-electron chi connectivity index (χ0n) is 22.0. The number of hydrogen-bond acceptors (Lipinski definition) is 10. The number of anilines is 3. The van der Waals surface area contributed by atoms with Crippen molar-refractivity contribution in [3.8, 4) is 11.4 Å². The van der Waals surface area contributed by atoms with E-state index in [1.807, 2.05) is 0 Å². The first kappa shape index (κ1) is 32.0. The van der Waals surface area contributed by atoms with Crippen LogP contribution in [0.3, 0.4) is 0 Å². The number of halogens is 1. The monoisotopic (exact) mass is 578 g/mol. The highest BCUT2D eigenvalue weighted by molar-refractivity contribution is 6.18. The Kier molecular flexibility index (Phi) is 11.0. The Balaban J connectivity index is 0.00000560. The average Bonchev–Trinajstić information content (AvgIpc) is 3.32. The number of carbonyl (C=O) groups is 3. The molecule has 2 atom stereocenters. The minimum atomic E-state index is -2.10. The summed E-state index contributed by atoms with van der Waals surface area (Å²) in [7, 11) is 0. The highest BCUT2D eigenvalue weighted by Gasteiger charge is 2.34. The Morgan fingerprint density at radius 2 is 1.60 bits per heavy atom. The molecule has 1 heterocycles. The number of aromatic nitrogens is 2. The number of alkyl halides is 1. The number of carbonyl (C=O) groups excluding carboxylic acids is 3. The van der Waals surface area contributed by atoms with Gasteiger partial charge in [0, 0.05) is 35.1 Å². The van der Waals surface area contributed by atoms with Crippen molar-refractivity contribution in [2.24, 2.45) is 0 Å². The average molecular weight is 579 g/mol. The van der Waals surface area contributed by atoms with Gasteiger partial charge in [0.25, 0.3) is 11.8 Å². The SMILES string of the molecule is CC(C)(C)OC(=O)Nc1ccc(N(CCCl)C(=O)[C@H](O)[C@@H](O)C(=O)Nc2ccc(-c3noc(=O)[nH]3)cc2)cc1.N. The largest absolute Gasteiger partial charge is 0.444 e. The van der Waals surface area contributed by atoms with E-state index in [1.54, 1.807) is 20.8 Å². The van der Waals surface area contributed by atoms with E-state index in [9.17, 15) is 29.4 Å². The summed E-state index contributed by atoms with van der Waals surface area (Å²) in [5.41, 5.74) is 0.771. The highest BCUT2D eigenvalue weighted by atomic mass is 35.5. The maximum absolute atomic E-state index is 13.0. The van der Waals surface area contributed by atoms with Crippen LogP contribution in [0, 0.1) is 0 Å². The normalized spacial score (nSPS) is 12.4. The van der Waals surface area contributed by atoms with Crippen molar-refractivity contribution in [3.05, 3.63) is 59.1 Å². The third kappa shape index (κ3) is 8.64. The minimum absolute atomic E-state index is 0. The zero-order valence-corrected chi connectivity index (χ0v) is 22.8. The fraction of sp³-hybridized carbons (Fsp3) is 0.320. The molecule has 0 saturated heterocycles. The summed E-state index contributed by atoms with van der Waals surface area (Å²) < 4.78 is 9.64. The highest BCUT2D eigenvalue weighted by Crippen LogP contribution is 2.21. The summed E-state index contributed by atoms with van der Waals surface area (Å²) >= 11 is 5.84. The van der Waals surface area contributed by atoms with Crippen molar-refractivity contribution in [2.45, 2.75) is 38.6 Å². The second-order valence-electron chi connectivity index (χ2n) is 9.25. The molecule has 0 aliphatic heterocycles. The fourth-order valence-electron chi connectivity index (χ4n) is 3.32. The van der Waals surface area contributed by atoms with Gasteiger partial charge in [0.05, 0.1) is 0 Å².